The zero-order valence-corrected chi connectivity index (χ0v) is 9.27. The van der Waals surface area contributed by atoms with Gasteiger partial charge >= 0.3 is 5.97 Å². The summed E-state index contributed by atoms with van der Waals surface area (Å²) in [7, 11) is 3.11. The highest BCUT2D eigenvalue weighted by molar-refractivity contribution is 5.69. The maximum atomic E-state index is 11.2. The van der Waals surface area contributed by atoms with Crippen molar-refractivity contribution in [3.8, 4) is 0 Å². The van der Waals surface area contributed by atoms with Crippen molar-refractivity contribution in [3.63, 3.8) is 0 Å². The molecule has 15 heavy (non-hydrogen) atoms. The molecule has 1 heterocycles. The summed E-state index contributed by atoms with van der Waals surface area (Å²) < 4.78 is 15.6. The molecule has 0 aromatic heterocycles. The molecule has 0 amide bonds. The van der Waals surface area contributed by atoms with E-state index in [4.69, 9.17) is 14.2 Å². The third kappa shape index (κ3) is 2.16. The zero-order chi connectivity index (χ0) is 10.8. The van der Waals surface area contributed by atoms with Crippen molar-refractivity contribution in [1.82, 2.24) is 0 Å². The van der Waals surface area contributed by atoms with E-state index in [0.29, 0.717) is 24.4 Å². The number of carbonyl (C=O) groups is 1. The Bertz CT molecular complexity index is 241. The molecule has 1 saturated carbocycles. The van der Waals surface area contributed by atoms with E-state index in [0.717, 1.165) is 19.3 Å². The van der Waals surface area contributed by atoms with Gasteiger partial charge in [-0.3, -0.25) is 4.79 Å². The van der Waals surface area contributed by atoms with Crippen LogP contribution < -0.4 is 0 Å². The Hall–Kier alpha value is -0.610. The van der Waals surface area contributed by atoms with E-state index in [-0.39, 0.29) is 12.3 Å². The van der Waals surface area contributed by atoms with Crippen LogP contribution in [0.3, 0.4) is 0 Å². The molecule has 1 saturated heterocycles. The molecule has 0 N–H and O–H groups in total. The Morgan fingerprint density at radius 2 is 2.20 bits per heavy atom. The summed E-state index contributed by atoms with van der Waals surface area (Å²) in [5.74, 6) is 0.790. The minimum atomic E-state index is -0.110. The normalized spacial score (nSPS) is 39.1. The van der Waals surface area contributed by atoms with Gasteiger partial charge in [-0.1, -0.05) is 0 Å². The van der Waals surface area contributed by atoms with Gasteiger partial charge < -0.3 is 14.2 Å². The highest BCUT2D eigenvalue weighted by atomic mass is 16.7. The van der Waals surface area contributed by atoms with Crippen LogP contribution in [0.1, 0.15) is 25.7 Å². The lowest BCUT2D eigenvalue weighted by Gasteiger charge is -2.15. The largest absolute Gasteiger partial charge is 0.469 e. The number of methoxy groups -OCH3 is 2. The van der Waals surface area contributed by atoms with Crippen molar-refractivity contribution in [2.24, 2.45) is 11.8 Å². The minimum absolute atomic E-state index is 0.0690. The number of hydrogen-bond acceptors (Lipinski definition) is 4. The van der Waals surface area contributed by atoms with E-state index < -0.39 is 0 Å². The molecule has 0 spiro atoms. The Morgan fingerprint density at radius 3 is 2.87 bits per heavy atom. The van der Waals surface area contributed by atoms with E-state index in [1.807, 2.05) is 0 Å². The lowest BCUT2D eigenvalue weighted by atomic mass is 9.90. The molecule has 0 bridgehead atoms. The molecule has 4 heteroatoms. The van der Waals surface area contributed by atoms with Gasteiger partial charge in [0, 0.05) is 20.0 Å². The van der Waals surface area contributed by atoms with Gasteiger partial charge in [0.1, 0.15) is 0 Å². The Kier molecular flexibility index (Phi) is 3.26. The summed E-state index contributed by atoms with van der Waals surface area (Å²) in [6, 6.07) is 0. The molecule has 4 atom stereocenters. The summed E-state index contributed by atoms with van der Waals surface area (Å²) in [6.07, 6.45) is 3.79. The molecular weight excluding hydrogens is 196 g/mol. The summed E-state index contributed by atoms with van der Waals surface area (Å²) >= 11 is 0. The number of ether oxygens (including phenoxy) is 3. The number of fused-ring (bicyclic) bond motifs is 1. The van der Waals surface area contributed by atoms with Crippen molar-refractivity contribution in [2.45, 2.75) is 38.1 Å². The molecular formula is C11H18O4. The van der Waals surface area contributed by atoms with Crippen LogP contribution in [0.5, 0.6) is 0 Å². The third-order valence-electron chi connectivity index (χ3n) is 3.62. The molecule has 1 unspecified atom stereocenters. The predicted octanol–water partition coefficient (Wildman–Crippen LogP) is 1.34. The Labute approximate surface area is 89.9 Å². The highest BCUT2D eigenvalue weighted by Crippen LogP contribution is 2.44. The number of carbonyl (C=O) groups excluding carboxylic acids is 1. The van der Waals surface area contributed by atoms with Crippen LogP contribution in [-0.2, 0) is 19.0 Å². The predicted molar refractivity (Wildman–Crippen MR) is 53.1 cm³/mol. The van der Waals surface area contributed by atoms with E-state index in [9.17, 15) is 4.79 Å². The van der Waals surface area contributed by atoms with Crippen molar-refractivity contribution in [3.05, 3.63) is 0 Å². The highest BCUT2D eigenvalue weighted by Gasteiger charge is 2.45. The topological polar surface area (TPSA) is 44.8 Å². The first kappa shape index (κ1) is 10.9. The van der Waals surface area contributed by atoms with Crippen LogP contribution in [0.2, 0.25) is 0 Å². The lowest BCUT2D eigenvalue weighted by molar-refractivity contribution is -0.142. The maximum Gasteiger partial charge on any atom is 0.305 e. The van der Waals surface area contributed by atoms with Crippen LogP contribution in [0.25, 0.3) is 0 Å². The second kappa shape index (κ2) is 4.49. The van der Waals surface area contributed by atoms with Crippen molar-refractivity contribution in [1.29, 1.82) is 0 Å². The van der Waals surface area contributed by atoms with Crippen molar-refractivity contribution < 1.29 is 19.0 Å². The second-order valence-electron chi connectivity index (χ2n) is 4.36. The Morgan fingerprint density at radius 1 is 1.40 bits per heavy atom. The fourth-order valence-corrected chi connectivity index (χ4v) is 2.80. The Balaban J connectivity index is 1.90. The molecule has 2 rings (SSSR count). The van der Waals surface area contributed by atoms with Crippen LogP contribution in [0, 0.1) is 11.8 Å². The fraction of sp³-hybridized carbons (Fsp3) is 0.909. The van der Waals surface area contributed by atoms with E-state index >= 15 is 0 Å². The fourth-order valence-electron chi connectivity index (χ4n) is 2.80. The first-order valence-corrected chi connectivity index (χ1v) is 5.49. The molecule has 86 valence electrons. The average molecular weight is 214 g/mol. The summed E-state index contributed by atoms with van der Waals surface area (Å²) in [5.41, 5.74) is 0. The summed E-state index contributed by atoms with van der Waals surface area (Å²) in [5, 5.41) is 0. The number of esters is 1. The summed E-state index contributed by atoms with van der Waals surface area (Å²) in [6.45, 7) is 0. The van der Waals surface area contributed by atoms with Crippen LogP contribution >= 0.6 is 0 Å². The molecule has 1 aliphatic carbocycles. The van der Waals surface area contributed by atoms with Crippen LogP contribution in [0.15, 0.2) is 0 Å². The molecule has 2 fully saturated rings. The van der Waals surface area contributed by atoms with E-state index in [2.05, 4.69) is 0 Å². The average Bonchev–Trinajstić information content (AvgIpc) is 2.79. The molecule has 0 aromatic rings. The quantitative estimate of drug-likeness (QED) is 0.665. The van der Waals surface area contributed by atoms with Gasteiger partial charge in [-0.2, -0.15) is 0 Å². The van der Waals surface area contributed by atoms with Crippen LogP contribution in [0.4, 0.5) is 0 Å². The lowest BCUT2D eigenvalue weighted by Crippen LogP contribution is -2.17. The first-order valence-electron chi connectivity index (χ1n) is 5.49. The molecule has 0 aromatic carbocycles. The van der Waals surface area contributed by atoms with Gasteiger partial charge in [0.25, 0.3) is 0 Å². The maximum absolute atomic E-state index is 11.2. The van der Waals surface area contributed by atoms with E-state index in [1.54, 1.807) is 7.11 Å². The van der Waals surface area contributed by atoms with Crippen molar-refractivity contribution >= 4 is 5.97 Å². The van der Waals surface area contributed by atoms with Gasteiger partial charge in [-0.05, 0) is 24.7 Å². The summed E-state index contributed by atoms with van der Waals surface area (Å²) in [4.78, 5) is 11.2. The molecule has 0 radical (unpaired) electrons. The van der Waals surface area contributed by atoms with Gasteiger partial charge in [0.15, 0.2) is 6.29 Å². The molecule has 2 aliphatic rings. The van der Waals surface area contributed by atoms with Crippen molar-refractivity contribution in [2.75, 3.05) is 14.2 Å². The zero-order valence-electron chi connectivity index (χ0n) is 9.27. The standard InChI is InChI=1S/C11H18O4/c1-13-10(12)5-7-3-4-9-8(7)6-11(14-2)15-9/h7-9,11H,3-6H2,1-2H3/t7-,8+,9-,11?/m1/s1. The van der Waals surface area contributed by atoms with Gasteiger partial charge in [0.2, 0.25) is 0 Å². The smallest absolute Gasteiger partial charge is 0.305 e. The SMILES string of the molecule is COC(=O)C[C@H]1CC[C@H]2OC(OC)C[C@@H]12. The molecule has 4 nitrogen and oxygen atoms in total. The number of hydrogen-bond donors (Lipinski definition) is 0. The number of rotatable bonds is 3. The monoisotopic (exact) mass is 214 g/mol. The molecule has 1 aliphatic heterocycles. The minimum Gasteiger partial charge on any atom is -0.469 e. The van der Waals surface area contributed by atoms with Gasteiger partial charge in [-0.25, -0.2) is 0 Å². The van der Waals surface area contributed by atoms with E-state index in [1.165, 1.54) is 7.11 Å². The first-order chi connectivity index (χ1) is 7.24. The van der Waals surface area contributed by atoms with Gasteiger partial charge in [0.05, 0.1) is 13.2 Å². The third-order valence-corrected chi connectivity index (χ3v) is 3.62. The van der Waals surface area contributed by atoms with Gasteiger partial charge in [-0.15, -0.1) is 0 Å². The second-order valence-corrected chi connectivity index (χ2v) is 4.36. The van der Waals surface area contributed by atoms with Crippen LogP contribution in [-0.4, -0.2) is 32.6 Å².